The minimum absolute atomic E-state index is 0.171. The first-order chi connectivity index (χ1) is 10.5. The van der Waals surface area contributed by atoms with Crippen LogP contribution in [0.2, 0.25) is 0 Å². The van der Waals surface area contributed by atoms with Gasteiger partial charge >= 0.3 is 0 Å². The molecule has 2 fully saturated rings. The van der Waals surface area contributed by atoms with Crippen molar-refractivity contribution in [3.8, 4) is 0 Å². The Hall–Kier alpha value is -1.40. The van der Waals surface area contributed by atoms with Crippen molar-refractivity contribution in [3.63, 3.8) is 0 Å². The summed E-state index contributed by atoms with van der Waals surface area (Å²) in [5, 5.41) is 2.92. The molecule has 1 aliphatic carbocycles. The molecule has 1 heterocycles. The normalized spacial score (nSPS) is 19.9. The third-order valence-electron chi connectivity index (χ3n) is 4.32. The van der Waals surface area contributed by atoms with Gasteiger partial charge in [-0.25, -0.2) is 8.42 Å². The smallest absolute Gasteiger partial charge is 0.251 e. The topological polar surface area (TPSA) is 66.5 Å². The van der Waals surface area contributed by atoms with Crippen LogP contribution in [-0.2, 0) is 10.0 Å². The molecule has 0 aromatic heterocycles. The number of piperidine rings is 1. The lowest BCUT2D eigenvalue weighted by Gasteiger charge is -2.26. The third kappa shape index (κ3) is 3.17. The Morgan fingerprint density at radius 1 is 1.18 bits per heavy atom. The van der Waals surface area contributed by atoms with Gasteiger partial charge in [-0.2, -0.15) is 4.31 Å². The van der Waals surface area contributed by atoms with Crippen LogP contribution >= 0.6 is 0 Å². The Kier molecular flexibility index (Phi) is 4.23. The van der Waals surface area contributed by atoms with Gasteiger partial charge in [-0.15, -0.1) is 0 Å². The highest BCUT2D eigenvalue weighted by atomic mass is 32.2. The SMILES string of the molecule is Cc1ccc(S(=O)(=O)N2CCCCC2)cc1C(=O)NC1CC1. The molecule has 120 valence electrons. The molecule has 2 aliphatic rings. The molecule has 3 rings (SSSR count). The number of nitrogens with zero attached hydrogens (tertiary/aromatic N) is 1. The second kappa shape index (κ2) is 6.01. The summed E-state index contributed by atoms with van der Waals surface area (Å²) >= 11 is 0. The van der Waals surface area contributed by atoms with Crippen LogP contribution in [0.3, 0.4) is 0 Å². The van der Waals surface area contributed by atoms with Crippen LogP contribution in [0.1, 0.15) is 48.0 Å². The first kappa shape index (κ1) is 15.5. The third-order valence-corrected chi connectivity index (χ3v) is 6.21. The Morgan fingerprint density at radius 2 is 1.86 bits per heavy atom. The van der Waals surface area contributed by atoms with E-state index < -0.39 is 10.0 Å². The minimum atomic E-state index is -3.49. The molecule has 6 heteroatoms. The summed E-state index contributed by atoms with van der Waals surface area (Å²) in [6.45, 7) is 2.97. The summed E-state index contributed by atoms with van der Waals surface area (Å²) < 4.78 is 26.9. The van der Waals surface area contributed by atoms with Gasteiger partial charge in [0.15, 0.2) is 0 Å². The van der Waals surface area contributed by atoms with Gasteiger partial charge in [0.25, 0.3) is 5.91 Å². The highest BCUT2D eigenvalue weighted by molar-refractivity contribution is 7.89. The number of hydrogen-bond acceptors (Lipinski definition) is 3. The van der Waals surface area contributed by atoms with Crippen LogP contribution in [0.25, 0.3) is 0 Å². The highest BCUT2D eigenvalue weighted by Crippen LogP contribution is 2.24. The average molecular weight is 322 g/mol. The quantitative estimate of drug-likeness (QED) is 0.923. The Balaban J connectivity index is 1.88. The first-order valence-electron chi connectivity index (χ1n) is 7.90. The number of hydrogen-bond donors (Lipinski definition) is 1. The van der Waals surface area contributed by atoms with Crippen LogP contribution < -0.4 is 5.32 Å². The van der Waals surface area contributed by atoms with Crippen molar-refractivity contribution >= 4 is 15.9 Å². The molecule has 1 amide bonds. The largest absolute Gasteiger partial charge is 0.349 e. The molecule has 1 aliphatic heterocycles. The zero-order chi connectivity index (χ0) is 15.7. The van der Waals surface area contributed by atoms with Crippen molar-refractivity contribution in [2.24, 2.45) is 0 Å². The van der Waals surface area contributed by atoms with Crippen LogP contribution in [0, 0.1) is 6.92 Å². The van der Waals surface area contributed by atoms with Crippen LogP contribution in [0.5, 0.6) is 0 Å². The predicted octanol–water partition coefficient (Wildman–Crippen LogP) is 2.06. The molecule has 1 saturated heterocycles. The van der Waals surface area contributed by atoms with Crippen molar-refractivity contribution in [1.82, 2.24) is 9.62 Å². The second-order valence-corrected chi connectivity index (χ2v) is 8.13. The molecule has 22 heavy (non-hydrogen) atoms. The number of aryl methyl sites for hydroxylation is 1. The number of nitrogens with one attached hydrogen (secondary N) is 1. The maximum absolute atomic E-state index is 12.7. The molecule has 1 aromatic carbocycles. The van der Waals surface area contributed by atoms with E-state index in [0.29, 0.717) is 18.7 Å². The van der Waals surface area contributed by atoms with Crippen molar-refractivity contribution < 1.29 is 13.2 Å². The van der Waals surface area contributed by atoms with Crippen molar-refractivity contribution in [3.05, 3.63) is 29.3 Å². The van der Waals surface area contributed by atoms with E-state index in [0.717, 1.165) is 37.7 Å². The Labute approximate surface area is 131 Å². The van der Waals surface area contributed by atoms with Gasteiger partial charge in [0.2, 0.25) is 10.0 Å². The number of sulfonamides is 1. The fraction of sp³-hybridized carbons (Fsp3) is 0.562. The van der Waals surface area contributed by atoms with E-state index in [9.17, 15) is 13.2 Å². The summed E-state index contributed by atoms with van der Waals surface area (Å²) in [5.41, 5.74) is 1.26. The zero-order valence-corrected chi connectivity index (χ0v) is 13.7. The minimum Gasteiger partial charge on any atom is -0.349 e. The second-order valence-electron chi connectivity index (χ2n) is 6.19. The van der Waals surface area contributed by atoms with Crippen molar-refractivity contribution in [2.75, 3.05) is 13.1 Å². The lowest BCUT2D eigenvalue weighted by atomic mass is 10.1. The summed E-state index contributed by atoms with van der Waals surface area (Å²) in [6, 6.07) is 5.11. The standard InChI is InChI=1S/C16H22N2O3S/c1-12-5-8-14(11-15(12)16(19)17-13-6-7-13)22(20,21)18-9-3-2-4-10-18/h5,8,11,13H,2-4,6-7,9-10H2,1H3,(H,17,19). The summed E-state index contributed by atoms with van der Waals surface area (Å²) in [5.74, 6) is -0.171. The molecule has 1 saturated carbocycles. The molecule has 1 N–H and O–H groups in total. The first-order valence-corrected chi connectivity index (χ1v) is 9.34. The number of carbonyl (C=O) groups is 1. The van der Waals surface area contributed by atoms with Gasteiger partial charge in [-0.3, -0.25) is 4.79 Å². The van der Waals surface area contributed by atoms with Gasteiger partial charge in [0, 0.05) is 24.7 Å². The fourth-order valence-electron chi connectivity index (χ4n) is 2.75. The summed E-state index contributed by atoms with van der Waals surface area (Å²) in [6.07, 6.45) is 4.91. The van der Waals surface area contributed by atoms with E-state index in [-0.39, 0.29) is 16.8 Å². The van der Waals surface area contributed by atoms with Crippen LogP contribution in [0.15, 0.2) is 23.1 Å². The van der Waals surface area contributed by atoms with E-state index in [4.69, 9.17) is 0 Å². The zero-order valence-electron chi connectivity index (χ0n) is 12.8. The van der Waals surface area contributed by atoms with Gasteiger partial charge in [0.1, 0.15) is 0 Å². The van der Waals surface area contributed by atoms with E-state index in [1.807, 2.05) is 6.92 Å². The molecule has 0 radical (unpaired) electrons. The summed E-state index contributed by atoms with van der Waals surface area (Å²) in [4.78, 5) is 12.5. The Bertz CT molecular complexity index is 675. The Morgan fingerprint density at radius 3 is 2.50 bits per heavy atom. The fourth-order valence-corrected chi connectivity index (χ4v) is 4.30. The molecule has 0 unspecified atom stereocenters. The molecular formula is C16H22N2O3S. The molecular weight excluding hydrogens is 300 g/mol. The van der Waals surface area contributed by atoms with E-state index >= 15 is 0 Å². The summed E-state index contributed by atoms with van der Waals surface area (Å²) in [7, 11) is -3.49. The van der Waals surface area contributed by atoms with Gasteiger partial charge in [-0.05, 0) is 50.3 Å². The molecule has 1 aromatic rings. The lowest BCUT2D eigenvalue weighted by molar-refractivity contribution is 0.0950. The van der Waals surface area contributed by atoms with Gasteiger partial charge in [0.05, 0.1) is 4.90 Å². The van der Waals surface area contributed by atoms with Crippen LogP contribution in [0.4, 0.5) is 0 Å². The molecule has 0 bridgehead atoms. The number of amides is 1. The predicted molar refractivity (Wildman–Crippen MR) is 84.3 cm³/mol. The van der Waals surface area contributed by atoms with Gasteiger partial charge < -0.3 is 5.32 Å². The number of rotatable bonds is 4. The highest BCUT2D eigenvalue weighted by Gasteiger charge is 2.28. The van der Waals surface area contributed by atoms with Crippen LogP contribution in [-0.4, -0.2) is 37.8 Å². The van der Waals surface area contributed by atoms with Gasteiger partial charge in [-0.1, -0.05) is 12.5 Å². The van der Waals surface area contributed by atoms with Crippen molar-refractivity contribution in [2.45, 2.75) is 50.0 Å². The maximum atomic E-state index is 12.7. The average Bonchev–Trinajstić information content (AvgIpc) is 3.32. The molecule has 0 spiro atoms. The number of benzene rings is 1. The van der Waals surface area contributed by atoms with E-state index in [1.54, 1.807) is 12.1 Å². The van der Waals surface area contributed by atoms with E-state index in [1.165, 1.54) is 10.4 Å². The van der Waals surface area contributed by atoms with E-state index in [2.05, 4.69) is 5.32 Å². The molecule has 5 nitrogen and oxygen atoms in total. The number of carbonyl (C=O) groups excluding carboxylic acids is 1. The maximum Gasteiger partial charge on any atom is 0.251 e. The monoisotopic (exact) mass is 322 g/mol. The van der Waals surface area contributed by atoms with Crippen molar-refractivity contribution in [1.29, 1.82) is 0 Å². The molecule has 0 atom stereocenters. The lowest BCUT2D eigenvalue weighted by Crippen LogP contribution is -2.35.